The largest absolute Gasteiger partial charge is 0.205 e. The number of nitrogens with zero attached hydrogens (tertiary/aromatic N) is 1. The van der Waals surface area contributed by atoms with E-state index >= 15 is 0 Å². The highest BCUT2D eigenvalue weighted by atomic mass is 32.1. The van der Waals surface area contributed by atoms with E-state index in [9.17, 15) is 8.78 Å². The van der Waals surface area contributed by atoms with Crippen molar-refractivity contribution in [1.29, 1.82) is 0 Å². The molecule has 0 amide bonds. The second-order valence-electron chi connectivity index (χ2n) is 7.43. The van der Waals surface area contributed by atoms with E-state index in [1.54, 1.807) is 0 Å². The maximum Gasteiger partial charge on any atom is 0.143 e. The highest BCUT2D eigenvalue weighted by Crippen LogP contribution is 2.33. The van der Waals surface area contributed by atoms with Gasteiger partial charge in [-0.15, -0.1) is 4.99 Å². The summed E-state index contributed by atoms with van der Waals surface area (Å²) in [5, 5.41) is 2.07. The normalized spacial score (nSPS) is 12.1. The number of hydrogen-bond acceptors (Lipinski definition) is 2. The molecule has 0 spiro atoms. The van der Waals surface area contributed by atoms with E-state index in [0.717, 1.165) is 35.6 Å². The summed E-state index contributed by atoms with van der Waals surface area (Å²) in [5.41, 5.74) is 4.11. The fourth-order valence-electron chi connectivity index (χ4n) is 3.25. The monoisotopic (exact) mass is 425 g/mol. The quantitative estimate of drug-likeness (QED) is 0.269. The molecule has 4 rings (SSSR count). The molecule has 1 aliphatic carbocycles. The predicted octanol–water partition coefficient (Wildman–Crippen LogP) is 6.40. The van der Waals surface area contributed by atoms with Gasteiger partial charge in [-0.05, 0) is 84.3 Å². The Morgan fingerprint density at radius 3 is 2.00 bits per heavy atom. The van der Waals surface area contributed by atoms with Crippen LogP contribution in [0.5, 0.6) is 0 Å². The van der Waals surface area contributed by atoms with E-state index in [0.29, 0.717) is 5.56 Å². The van der Waals surface area contributed by atoms with Gasteiger partial charge in [-0.25, -0.2) is 8.78 Å². The van der Waals surface area contributed by atoms with E-state index in [2.05, 4.69) is 70.4 Å². The van der Waals surface area contributed by atoms with Crippen LogP contribution in [-0.4, -0.2) is 5.16 Å². The van der Waals surface area contributed by atoms with Gasteiger partial charge in [0.15, 0.2) is 0 Å². The van der Waals surface area contributed by atoms with Gasteiger partial charge in [-0.3, -0.25) is 0 Å². The van der Waals surface area contributed by atoms with Crippen LogP contribution in [-0.2, 0) is 6.42 Å². The van der Waals surface area contributed by atoms with Crippen molar-refractivity contribution in [2.45, 2.75) is 19.3 Å². The summed E-state index contributed by atoms with van der Waals surface area (Å²) in [4.78, 5) is 3.40. The molecule has 3 aromatic rings. The molecule has 0 saturated heterocycles. The smallest absolute Gasteiger partial charge is 0.143 e. The summed E-state index contributed by atoms with van der Waals surface area (Å²) >= 11 is 4.39. The minimum absolute atomic E-state index is 0.155. The first-order chi connectivity index (χ1) is 15.1. The van der Waals surface area contributed by atoms with Gasteiger partial charge in [0.25, 0.3) is 0 Å². The van der Waals surface area contributed by atoms with Crippen LogP contribution in [0.1, 0.15) is 35.1 Å². The first kappa shape index (κ1) is 20.7. The molecule has 0 bridgehead atoms. The molecule has 0 heterocycles. The van der Waals surface area contributed by atoms with Gasteiger partial charge in [-0.2, -0.15) is 0 Å². The lowest BCUT2D eigenvalue weighted by Crippen LogP contribution is -1.92. The average Bonchev–Trinajstić information content (AvgIpc) is 3.58. The Morgan fingerprint density at radius 1 is 0.806 bits per heavy atom. The average molecular weight is 426 g/mol. The Kier molecular flexibility index (Phi) is 6.34. The molecule has 1 fully saturated rings. The molecule has 4 heteroatoms. The highest BCUT2D eigenvalue weighted by molar-refractivity contribution is 7.78. The van der Waals surface area contributed by atoms with Crippen molar-refractivity contribution < 1.29 is 8.78 Å². The zero-order chi connectivity index (χ0) is 21.6. The summed E-state index contributed by atoms with van der Waals surface area (Å²) in [6.07, 6.45) is 3.86. The molecule has 31 heavy (non-hydrogen) atoms. The zero-order valence-corrected chi connectivity index (χ0v) is 17.4. The van der Waals surface area contributed by atoms with Crippen molar-refractivity contribution in [3.63, 3.8) is 0 Å². The van der Waals surface area contributed by atoms with Crippen LogP contribution in [0.4, 0.5) is 8.78 Å². The molecule has 1 aliphatic rings. The number of rotatable bonds is 3. The zero-order valence-electron chi connectivity index (χ0n) is 16.6. The van der Waals surface area contributed by atoms with Crippen molar-refractivity contribution >= 4 is 17.4 Å². The molecule has 150 valence electrons. The number of isothiocyanates is 1. The van der Waals surface area contributed by atoms with Crippen LogP contribution in [0, 0.1) is 41.4 Å². The van der Waals surface area contributed by atoms with E-state index in [-0.39, 0.29) is 11.1 Å². The van der Waals surface area contributed by atoms with Gasteiger partial charge in [0.2, 0.25) is 0 Å². The van der Waals surface area contributed by atoms with Gasteiger partial charge in [-0.1, -0.05) is 48.2 Å². The highest BCUT2D eigenvalue weighted by Gasteiger charge is 2.21. The van der Waals surface area contributed by atoms with E-state index < -0.39 is 11.6 Å². The molecule has 0 radical (unpaired) electrons. The first-order valence-electron chi connectivity index (χ1n) is 9.91. The Labute approximate surface area is 185 Å². The summed E-state index contributed by atoms with van der Waals surface area (Å²) in [6.45, 7) is 0. The Morgan fingerprint density at radius 2 is 1.42 bits per heavy atom. The molecule has 0 aliphatic heterocycles. The number of hydrogen-bond donors (Lipinski definition) is 0. The SMILES string of the molecule is Fc1cc(C#CN=C=S)cc(F)c1C#Cc1ccc(-c2ccc(CC3CC3)cc2)cc1. The Bertz CT molecular complexity index is 1250. The summed E-state index contributed by atoms with van der Waals surface area (Å²) in [6, 6.07) is 20.8. The van der Waals surface area contributed by atoms with Crippen LogP contribution in [0.25, 0.3) is 11.1 Å². The second-order valence-corrected chi connectivity index (χ2v) is 7.61. The molecule has 1 nitrogen and oxygen atoms in total. The lowest BCUT2D eigenvalue weighted by Gasteiger charge is -2.04. The fourth-order valence-corrected chi connectivity index (χ4v) is 3.29. The third-order valence-corrected chi connectivity index (χ3v) is 5.16. The molecule has 3 aromatic carbocycles. The van der Waals surface area contributed by atoms with Crippen LogP contribution in [0.2, 0.25) is 0 Å². The van der Waals surface area contributed by atoms with E-state index in [4.69, 9.17) is 0 Å². The van der Waals surface area contributed by atoms with Crippen LogP contribution in [0.15, 0.2) is 65.7 Å². The Balaban J connectivity index is 1.50. The lowest BCUT2D eigenvalue weighted by atomic mass is 10.0. The van der Waals surface area contributed by atoms with Crippen LogP contribution < -0.4 is 0 Å². The Hall–Kier alpha value is -3.56. The number of halogens is 2. The maximum atomic E-state index is 14.2. The minimum atomic E-state index is -0.772. The molecule has 1 saturated carbocycles. The molecule has 0 unspecified atom stereocenters. The van der Waals surface area contributed by atoms with Gasteiger partial charge >= 0.3 is 0 Å². The van der Waals surface area contributed by atoms with Crippen LogP contribution in [0.3, 0.4) is 0 Å². The van der Waals surface area contributed by atoms with Crippen molar-refractivity contribution in [3.8, 4) is 34.9 Å². The van der Waals surface area contributed by atoms with Crippen molar-refractivity contribution in [3.05, 3.63) is 94.6 Å². The third kappa shape index (κ3) is 5.53. The molecule has 0 N–H and O–H groups in total. The number of thiocarbonyl (C=S) groups is 1. The molecule has 0 aromatic heterocycles. The molecular formula is C27H17F2NS. The molecular weight excluding hydrogens is 408 g/mol. The van der Waals surface area contributed by atoms with Gasteiger partial charge in [0.1, 0.15) is 11.6 Å². The van der Waals surface area contributed by atoms with Gasteiger partial charge in [0.05, 0.1) is 16.8 Å². The first-order valence-corrected chi connectivity index (χ1v) is 10.3. The summed E-state index contributed by atoms with van der Waals surface area (Å²) in [5.74, 6) is 7.22. The topological polar surface area (TPSA) is 12.4 Å². The third-order valence-electron chi connectivity index (χ3n) is 5.07. The fraction of sp³-hybridized carbons (Fsp3) is 0.148. The number of benzene rings is 3. The summed E-state index contributed by atoms with van der Waals surface area (Å²) < 4.78 is 28.5. The van der Waals surface area contributed by atoms with Crippen molar-refractivity contribution in [1.82, 2.24) is 0 Å². The summed E-state index contributed by atoms with van der Waals surface area (Å²) in [7, 11) is 0. The van der Waals surface area contributed by atoms with Gasteiger partial charge < -0.3 is 0 Å². The lowest BCUT2D eigenvalue weighted by molar-refractivity contribution is 0.577. The standard InChI is InChI=1S/C27H17F2NS/c28-26-16-22(13-14-30-18-31)17-27(29)25(26)12-7-19-3-8-23(9-4-19)24-10-5-21(6-11-24)15-20-1-2-20/h3-6,8-11,16-17,20H,1-2,15H2. The van der Waals surface area contributed by atoms with Crippen molar-refractivity contribution in [2.24, 2.45) is 10.9 Å². The second kappa shape index (κ2) is 9.50. The van der Waals surface area contributed by atoms with Crippen LogP contribution >= 0.6 is 12.2 Å². The number of aliphatic imine (C=N–C) groups is 1. The van der Waals surface area contributed by atoms with E-state index in [1.165, 1.54) is 18.4 Å². The minimum Gasteiger partial charge on any atom is -0.205 e. The predicted molar refractivity (Wildman–Crippen MR) is 123 cm³/mol. The maximum absolute atomic E-state index is 14.2. The van der Waals surface area contributed by atoms with Crippen molar-refractivity contribution in [2.75, 3.05) is 0 Å². The van der Waals surface area contributed by atoms with Gasteiger partial charge in [0, 0.05) is 11.1 Å². The van der Waals surface area contributed by atoms with E-state index in [1.807, 2.05) is 24.3 Å². The molecule has 0 atom stereocenters.